The van der Waals surface area contributed by atoms with Gasteiger partial charge in [0.05, 0.1) is 5.57 Å². The molecule has 0 radical (unpaired) electrons. The standard InChI is InChI=1S/C18H19NO2/c1-3-17(14(2)18(20)21)19(15-10-6-4-7-11-15)16-12-8-5-9-13-16/h4-13H,3H2,1-2H3,(H,20,21)/b17-14+. The number of hydrogen-bond donors (Lipinski definition) is 1. The molecule has 2 rings (SSSR count). The number of allylic oxidation sites excluding steroid dienone is 1. The van der Waals surface area contributed by atoms with Crippen LogP contribution < -0.4 is 4.90 Å². The van der Waals surface area contributed by atoms with Crippen molar-refractivity contribution in [2.45, 2.75) is 20.3 Å². The summed E-state index contributed by atoms with van der Waals surface area (Å²) in [6, 6.07) is 19.6. The Labute approximate surface area is 125 Å². The van der Waals surface area contributed by atoms with Gasteiger partial charge in [-0.2, -0.15) is 0 Å². The van der Waals surface area contributed by atoms with Crippen LogP contribution in [0.3, 0.4) is 0 Å². The Morgan fingerprint density at radius 1 is 0.952 bits per heavy atom. The van der Waals surface area contributed by atoms with Crippen LogP contribution in [0.2, 0.25) is 0 Å². The van der Waals surface area contributed by atoms with E-state index in [0.717, 1.165) is 17.1 Å². The average molecular weight is 281 g/mol. The van der Waals surface area contributed by atoms with Gasteiger partial charge < -0.3 is 10.0 Å². The zero-order valence-corrected chi connectivity index (χ0v) is 12.3. The van der Waals surface area contributed by atoms with Crippen LogP contribution in [0.4, 0.5) is 11.4 Å². The van der Waals surface area contributed by atoms with Crippen LogP contribution in [0.15, 0.2) is 71.9 Å². The maximum absolute atomic E-state index is 11.4. The molecule has 0 aromatic heterocycles. The van der Waals surface area contributed by atoms with E-state index in [-0.39, 0.29) is 0 Å². The minimum absolute atomic E-state index is 0.366. The smallest absolute Gasteiger partial charge is 0.333 e. The SMILES string of the molecule is CC/C(=C(/C)C(=O)O)N(c1ccccc1)c1ccccc1. The first-order valence-corrected chi connectivity index (χ1v) is 6.98. The first-order valence-electron chi connectivity index (χ1n) is 6.98. The minimum Gasteiger partial charge on any atom is -0.478 e. The van der Waals surface area contributed by atoms with Crippen LogP contribution in [0.5, 0.6) is 0 Å². The lowest BCUT2D eigenvalue weighted by Gasteiger charge is -2.28. The molecule has 0 saturated carbocycles. The number of rotatable bonds is 5. The van der Waals surface area contributed by atoms with Crippen LogP contribution in [0.1, 0.15) is 20.3 Å². The van der Waals surface area contributed by atoms with Gasteiger partial charge in [0.15, 0.2) is 0 Å². The number of carboxylic acids is 1. The zero-order chi connectivity index (χ0) is 15.2. The molecule has 3 heteroatoms. The Hall–Kier alpha value is -2.55. The second-order valence-corrected chi connectivity index (χ2v) is 4.74. The highest BCUT2D eigenvalue weighted by molar-refractivity contribution is 5.88. The summed E-state index contributed by atoms with van der Waals surface area (Å²) in [6.07, 6.45) is 0.641. The lowest BCUT2D eigenvalue weighted by Crippen LogP contribution is -2.19. The number of hydrogen-bond acceptors (Lipinski definition) is 2. The maximum Gasteiger partial charge on any atom is 0.333 e. The van der Waals surface area contributed by atoms with E-state index in [1.807, 2.05) is 72.5 Å². The van der Waals surface area contributed by atoms with E-state index in [2.05, 4.69) is 0 Å². The molecule has 0 bridgehead atoms. The van der Waals surface area contributed by atoms with Crippen molar-refractivity contribution in [2.24, 2.45) is 0 Å². The summed E-state index contributed by atoms with van der Waals surface area (Å²) in [7, 11) is 0. The molecule has 21 heavy (non-hydrogen) atoms. The first kappa shape index (κ1) is 14.9. The molecule has 0 fully saturated rings. The van der Waals surface area contributed by atoms with Crippen molar-refractivity contribution in [1.82, 2.24) is 0 Å². The Morgan fingerprint density at radius 3 is 1.71 bits per heavy atom. The van der Waals surface area contributed by atoms with E-state index in [9.17, 15) is 9.90 Å². The van der Waals surface area contributed by atoms with Gasteiger partial charge in [-0.05, 0) is 37.6 Å². The highest BCUT2D eigenvalue weighted by atomic mass is 16.4. The van der Waals surface area contributed by atoms with E-state index in [1.54, 1.807) is 6.92 Å². The van der Waals surface area contributed by atoms with Gasteiger partial charge in [0.2, 0.25) is 0 Å². The van der Waals surface area contributed by atoms with Crippen molar-refractivity contribution < 1.29 is 9.90 Å². The summed E-state index contributed by atoms with van der Waals surface area (Å²) in [5.41, 5.74) is 3.08. The molecule has 0 saturated heterocycles. The normalized spacial score (nSPS) is 11.7. The number of nitrogens with zero attached hydrogens (tertiary/aromatic N) is 1. The van der Waals surface area contributed by atoms with E-state index in [1.165, 1.54) is 0 Å². The lowest BCUT2D eigenvalue weighted by atomic mass is 10.1. The largest absolute Gasteiger partial charge is 0.478 e. The third kappa shape index (κ3) is 3.31. The van der Waals surface area contributed by atoms with Gasteiger partial charge in [0.1, 0.15) is 0 Å². The van der Waals surface area contributed by atoms with Gasteiger partial charge in [-0.15, -0.1) is 0 Å². The number of aliphatic carboxylic acids is 1. The molecule has 0 aliphatic rings. The molecule has 108 valence electrons. The molecular weight excluding hydrogens is 262 g/mol. The van der Waals surface area contributed by atoms with Crippen LogP contribution in [-0.2, 0) is 4.79 Å². The number of carbonyl (C=O) groups is 1. The molecule has 3 nitrogen and oxygen atoms in total. The van der Waals surface area contributed by atoms with Gasteiger partial charge >= 0.3 is 5.97 Å². The molecule has 1 N–H and O–H groups in total. The molecule has 2 aromatic rings. The van der Waals surface area contributed by atoms with E-state index < -0.39 is 5.97 Å². The third-order valence-electron chi connectivity index (χ3n) is 3.39. The third-order valence-corrected chi connectivity index (χ3v) is 3.39. The second kappa shape index (κ2) is 6.75. The Kier molecular flexibility index (Phi) is 4.77. The van der Waals surface area contributed by atoms with Crippen molar-refractivity contribution in [3.05, 3.63) is 71.9 Å². The predicted octanol–water partition coefficient (Wildman–Crippen LogP) is 4.59. The van der Waals surface area contributed by atoms with Crippen LogP contribution in [0.25, 0.3) is 0 Å². The van der Waals surface area contributed by atoms with Gasteiger partial charge in [-0.3, -0.25) is 0 Å². The average Bonchev–Trinajstić information content (AvgIpc) is 2.53. The lowest BCUT2D eigenvalue weighted by molar-refractivity contribution is -0.132. The van der Waals surface area contributed by atoms with E-state index in [0.29, 0.717) is 12.0 Å². The first-order chi connectivity index (χ1) is 10.1. The number of benzene rings is 2. The molecule has 0 unspecified atom stereocenters. The monoisotopic (exact) mass is 281 g/mol. The van der Waals surface area contributed by atoms with Gasteiger partial charge in [-0.1, -0.05) is 43.3 Å². The fraction of sp³-hybridized carbons (Fsp3) is 0.167. The van der Waals surface area contributed by atoms with Gasteiger partial charge in [0.25, 0.3) is 0 Å². The van der Waals surface area contributed by atoms with Crippen LogP contribution in [0, 0.1) is 0 Å². The molecule has 0 aliphatic carbocycles. The van der Waals surface area contributed by atoms with Crippen molar-refractivity contribution in [2.75, 3.05) is 4.90 Å². The van der Waals surface area contributed by atoms with Crippen molar-refractivity contribution in [3.63, 3.8) is 0 Å². The zero-order valence-electron chi connectivity index (χ0n) is 12.3. The number of anilines is 2. The van der Waals surface area contributed by atoms with Crippen molar-refractivity contribution in [3.8, 4) is 0 Å². The van der Waals surface area contributed by atoms with Crippen molar-refractivity contribution >= 4 is 17.3 Å². The predicted molar refractivity (Wildman–Crippen MR) is 85.6 cm³/mol. The topological polar surface area (TPSA) is 40.5 Å². The molecular formula is C18H19NO2. The van der Waals surface area contributed by atoms with Crippen LogP contribution in [-0.4, -0.2) is 11.1 Å². The summed E-state index contributed by atoms with van der Waals surface area (Å²) < 4.78 is 0. The van der Waals surface area contributed by atoms with Gasteiger partial charge in [-0.25, -0.2) is 4.79 Å². The fourth-order valence-corrected chi connectivity index (χ4v) is 2.33. The molecule has 0 spiro atoms. The van der Waals surface area contributed by atoms with E-state index in [4.69, 9.17) is 0 Å². The Bertz CT molecular complexity index is 593. The molecule has 0 atom stereocenters. The highest BCUT2D eigenvalue weighted by Gasteiger charge is 2.18. The van der Waals surface area contributed by atoms with Gasteiger partial charge in [0, 0.05) is 17.1 Å². The van der Waals surface area contributed by atoms with E-state index >= 15 is 0 Å². The molecule has 2 aromatic carbocycles. The Balaban J connectivity index is 2.62. The van der Waals surface area contributed by atoms with Crippen LogP contribution >= 0.6 is 0 Å². The molecule has 0 aliphatic heterocycles. The number of carboxylic acid groups (broad SMARTS) is 1. The quantitative estimate of drug-likeness (QED) is 0.815. The second-order valence-electron chi connectivity index (χ2n) is 4.74. The summed E-state index contributed by atoms with van der Waals surface area (Å²) in [6.45, 7) is 3.63. The minimum atomic E-state index is -0.885. The summed E-state index contributed by atoms with van der Waals surface area (Å²) in [5, 5.41) is 9.34. The molecule has 0 amide bonds. The summed E-state index contributed by atoms with van der Waals surface area (Å²) in [5.74, 6) is -0.885. The molecule has 0 heterocycles. The Morgan fingerprint density at radius 2 is 1.38 bits per heavy atom. The number of para-hydroxylation sites is 2. The summed E-state index contributed by atoms with van der Waals surface area (Å²) >= 11 is 0. The fourth-order valence-electron chi connectivity index (χ4n) is 2.33. The maximum atomic E-state index is 11.4. The summed E-state index contributed by atoms with van der Waals surface area (Å²) in [4.78, 5) is 13.4. The highest BCUT2D eigenvalue weighted by Crippen LogP contribution is 2.32. The van der Waals surface area contributed by atoms with Crippen molar-refractivity contribution in [1.29, 1.82) is 0 Å².